The molecule has 0 amide bonds. The van der Waals surface area contributed by atoms with E-state index < -0.39 is 4.92 Å². The molecule has 0 spiro atoms. The van der Waals surface area contributed by atoms with E-state index in [-0.39, 0.29) is 5.69 Å². The minimum atomic E-state index is -0.478. The highest BCUT2D eigenvalue weighted by Gasteiger charge is 2.03. The lowest BCUT2D eigenvalue weighted by Gasteiger charge is -1.87. The first-order valence-electron chi connectivity index (χ1n) is 2.91. The highest BCUT2D eigenvalue weighted by atomic mass is 16.6. The lowest BCUT2D eigenvalue weighted by atomic mass is 10.2. The van der Waals surface area contributed by atoms with Crippen LogP contribution in [0.15, 0.2) is 24.3 Å². The normalized spacial score (nSPS) is 8.64. The third-order valence-corrected chi connectivity index (χ3v) is 1.22. The fourth-order valence-electron chi connectivity index (χ4n) is 0.666. The number of nitrogens with one attached hydrogen (secondary N) is 1. The first kappa shape index (κ1) is 7.22. The van der Waals surface area contributed by atoms with Gasteiger partial charge in [0, 0.05) is 12.1 Å². The van der Waals surface area contributed by atoms with Crippen LogP contribution in [0.5, 0.6) is 0 Å². The Labute approximate surface area is 62.8 Å². The molecule has 1 aromatic carbocycles. The van der Waals surface area contributed by atoms with Crippen LogP contribution in [-0.4, -0.2) is 4.92 Å². The largest absolute Gasteiger partial charge is 0.308 e. The molecule has 54 valence electrons. The second-order valence-corrected chi connectivity index (χ2v) is 1.93. The van der Waals surface area contributed by atoms with Crippen molar-refractivity contribution in [1.29, 1.82) is 0 Å². The average molecular weight is 149 g/mol. The highest BCUT2D eigenvalue weighted by Crippen LogP contribution is 2.10. The van der Waals surface area contributed by atoms with Gasteiger partial charge >= 0.3 is 6.07 Å². The molecule has 4 heteroatoms. The minimum absolute atomic E-state index is 0.0315. The van der Waals surface area contributed by atoms with E-state index in [1.54, 1.807) is 0 Å². The second-order valence-electron chi connectivity index (χ2n) is 1.93. The van der Waals surface area contributed by atoms with Crippen LogP contribution in [0.4, 0.5) is 5.69 Å². The number of nitrogens with zero attached hydrogens (tertiary/aromatic N) is 1. The fourth-order valence-corrected chi connectivity index (χ4v) is 0.666. The molecule has 1 rings (SSSR count). The lowest BCUT2D eigenvalue weighted by Crippen LogP contribution is -2.17. The fraction of sp³-hybridized carbons (Fsp3) is 0. The Hall–Kier alpha value is -1.89. The zero-order valence-corrected chi connectivity index (χ0v) is 5.57. The maximum atomic E-state index is 10.1. The zero-order chi connectivity index (χ0) is 8.27. The predicted molar refractivity (Wildman–Crippen MR) is 37.0 cm³/mol. The molecule has 0 atom stereocenters. The molecule has 0 unspecified atom stereocenters. The van der Waals surface area contributed by atoms with Gasteiger partial charge in [-0.1, -0.05) is 5.26 Å². The molecule has 4 nitrogen and oxygen atoms in total. The first-order chi connectivity index (χ1) is 5.24. The highest BCUT2D eigenvalue weighted by molar-refractivity contribution is 5.37. The zero-order valence-electron chi connectivity index (χ0n) is 5.57. The average Bonchev–Trinajstić information content (AvgIpc) is 2.05. The van der Waals surface area contributed by atoms with Gasteiger partial charge < -0.3 is 0 Å². The Morgan fingerprint density at radius 1 is 1.36 bits per heavy atom. The van der Waals surface area contributed by atoms with Crippen molar-refractivity contribution in [2.75, 3.05) is 0 Å². The van der Waals surface area contributed by atoms with Crippen molar-refractivity contribution in [3.05, 3.63) is 39.9 Å². The van der Waals surface area contributed by atoms with E-state index in [4.69, 9.17) is 5.26 Å². The molecule has 11 heavy (non-hydrogen) atoms. The van der Waals surface area contributed by atoms with Crippen molar-refractivity contribution in [3.8, 4) is 6.07 Å². The van der Waals surface area contributed by atoms with Crippen LogP contribution in [-0.2, 0) is 0 Å². The van der Waals surface area contributed by atoms with Gasteiger partial charge in [-0.05, 0) is 12.1 Å². The summed E-state index contributed by atoms with van der Waals surface area (Å²) in [6.07, 6.45) is 0. The van der Waals surface area contributed by atoms with Crippen molar-refractivity contribution >= 4 is 5.69 Å². The van der Waals surface area contributed by atoms with Gasteiger partial charge in [0.15, 0.2) is 0 Å². The molecule has 0 aromatic heterocycles. The molecule has 1 aromatic rings. The molecule has 0 heterocycles. The Bertz CT molecular complexity index is 310. The smallest absolute Gasteiger partial charge is 0.258 e. The van der Waals surface area contributed by atoms with Crippen molar-refractivity contribution in [3.63, 3.8) is 0 Å². The first-order valence-corrected chi connectivity index (χ1v) is 2.91. The molecule has 0 bridgehead atoms. The molecule has 0 radical (unpaired) electrons. The van der Waals surface area contributed by atoms with Crippen molar-refractivity contribution in [2.45, 2.75) is 0 Å². The van der Waals surface area contributed by atoms with Crippen LogP contribution < -0.4 is 5.26 Å². The van der Waals surface area contributed by atoms with Gasteiger partial charge in [-0.2, -0.15) is 0 Å². The number of benzene rings is 1. The molecule has 0 aliphatic carbocycles. The number of hydrogen-bond donors (Lipinski definition) is 1. The van der Waals surface area contributed by atoms with E-state index in [9.17, 15) is 10.1 Å². The standard InChI is InChI=1S/C7H4N2O2/c8-5-6-1-3-7(4-2-6)9(10)11/h1-4H/p+1. The maximum absolute atomic E-state index is 10.1. The summed E-state index contributed by atoms with van der Waals surface area (Å²) in [5.41, 5.74) is 0.569. The summed E-state index contributed by atoms with van der Waals surface area (Å²) in [7, 11) is 0. The number of rotatable bonds is 1. The summed E-state index contributed by atoms with van der Waals surface area (Å²) in [4.78, 5) is 9.66. The van der Waals surface area contributed by atoms with E-state index in [2.05, 4.69) is 6.07 Å². The Kier molecular flexibility index (Phi) is 1.83. The number of hydrogen-bond acceptors (Lipinski definition) is 2. The molecular weight excluding hydrogens is 144 g/mol. The summed E-state index contributed by atoms with van der Waals surface area (Å²) >= 11 is 0. The van der Waals surface area contributed by atoms with Gasteiger partial charge in [-0.25, -0.2) is 0 Å². The van der Waals surface area contributed by atoms with Crippen LogP contribution in [0, 0.1) is 16.2 Å². The van der Waals surface area contributed by atoms with Crippen LogP contribution >= 0.6 is 0 Å². The van der Waals surface area contributed by atoms with Crippen LogP contribution in [0.2, 0.25) is 0 Å². The van der Waals surface area contributed by atoms with Crippen molar-refractivity contribution in [1.82, 2.24) is 0 Å². The van der Waals surface area contributed by atoms with E-state index in [0.717, 1.165) is 0 Å². The summed E-state index contributed by atoms with van der Waals surface area (Å²) in [6, 6.07) is 7.76. The summed E-state index contributed by atoms with van der Waals surface area (Å²) in [5, 5.41) is 16.8. The topological polar surface area (TPSA) is 66.9 Å². The number of non-ortho nitro benzene ring substituents is 1. The number of nitro groups is 1. The molecule has 0 aliphatic rings. The third kappa shape index (κ3) is 1.52. The van der Waals surface area contributed by atoms with Gasteiger partial charge in [-0.3, -0.25) is 10.1 Å². The van der Waals surface area contributed by atoms with Gasteiger partial charge in [0.2, 0.25) is 0 Å². The van der Waals surface area contributed by atoms with E-state index >= 15 is 0 Å². The monoisotopic (exact) mass is 149 g/mol. The third-order valence-electron chi connectivity index (χ3n) is 1.22. The molecule has 0 saturated heterocycles. The molecule has 0 aliphatic heterocycles. The Morgan fingerprint density at radius 2 is 1.91 bits per heavy atom. The number of nitro benzene ring substituents is 1. The maximum Gasteiger partial charge on any atom is 0.308 e. The summed E-state index contributed by atoms with van der Waals surface area (Å²) in [5.74, 6) is 0. The van der Waals surface area contributed by atoms with Gasteiger partial charge in [0.1, 0.15) is 5.56 Å². The lowest BCUT2D eigenvalue weighted by molar-refractivity contribution is -0.384. The van der Waals surface area contributed by atoms with E-state index in [0.29, 0.717) is 5.56 Å². The van der Waals surface area contributed by atoms with E-state index in [1.165, 1.54) is 24.3 Å². The second kappa shape index (κ2) is 2.80. The van der Waals surface area contributed by atoms with Gasteiger partial charge in [0.05, 0.1) is 4.92 Å². The predicted octanol–water partition coefficient (Wildman–Crippen LogP) is -0.284. The SMILES string of the molecule is [NH+]#Cc1ccc([N+](=O)[O-])cc1. The molecule has 0 fully saturated rings. The Morgan fingerprint density at radius 3 is 2.27 bits per heavy atom. The van der Waals surface area contributed by atoms with Gasteiger partial charge in [0.25, 0.3) is 5.69 Å². The van der Waals surface area contributed by atoms with E-state index in [1.807, 2.05) is 0 Å². The summed E-state index contributed by atoms with van der Waals surface area (Å²) in [6.45, 7) is 0. The Balaban J connectivity index is 3.03. The van der Waals surface area contributed by atoms with Crippen molar-refractivity contribution in [2.24, 2.45) is 0 Å². The van der Waals surface area contributed by atoms with Crippen LogP contribution in [0.3, 0.4) is 0 Å². The van der Waals surface area contributed by atoms with Crippen molar-refractivity contribution < 1.29 is 10.2 Å². The molecular formula is C7H5N2O2+. The molecule has 0 saturated carbocycles. The quantitative estimate of drug-likeness (QED) is 0.440. The van der Waals surface area contributed by atoms with Crippen LogP contribution in [0.25, 0.3) is 0 Å². The van der Waals surface area contributed by atoms with Gasteiger partial charge in [-0.15, -0.1) is 0 Å². The minimum Gasteiger partial charge on any atom is -0.258 e. The summed E-state index contributed by atoms with van der Waals surface area (Å²) < 4.78 is 0. The molecule has 1 N–H and O–H groups in total. The van der Waals surface area contributed by atoms with Crippen LogP contribution in [0.1, 0.15) is 5.56 Å².